The van der Waals surface area contributed by atoms with Crippen molar-refractivity contribution in [3.8, 4) is 11.6 Å². The van der Waals surface area contributed by atoms with E-state index < -0.39 is 18.3 Å². The lowest BCUT2D eigenvalue weighted by molar-refractivity contribution is 0.00578. The first-order chi connectivity index (χ1) is 11.0. The average Bonchev–Trinajstić information content (AvgIpc) is 3.17. The maximum atomic E-state index is 6.19. The van der Waals surface area contributed by atoms with Gasteiger partial charge in [-0.15, -0.1) is 0 Å². The Kier molecular flexibility index (Phi) is 4.12. The van der Waals surface area contributed by atoms with E-state index in [-0.39, 0.29) is 11.7 Å². The molecule has 1 aliphatic heterocycles. The average molecular weight is 333 g/mol. The third-order valence-electron chi connectivity index (χ3n) is 4.62. The second-order valence-electron chi connectivity index (χ2n) is 8.65. The van der Waals surface area contributed by atoms with E-state index in [2.05, 4.69) is 4.98 Å². The summed E-state index contributed by atoms with van der Waals surface area (Å²) >= 11 is 0. The van der Waals surface area contributed by atoms with Crippen LogP contribution in [-0.2, 0) is 9.31 Å². The van der Waals surface area contributed by atoms with E-state index in [9.17, 15) is 0 Å². The van der Waals surface area contributed by atoms with Crippen LogP contribution in [-0.4, -0.2) is 35.0 Å². The van der Waals surface area contributed by atoms with Gasteiger partial charge in [0.2, 0.25) is 0 Å². The molecule has 0 spiro atoms. The standard InChI is InChI=1S/C18H28BNO4/c1-16(2,3)22-15-14(21-12-8-9-12)13(10-11-20-15)19-23-17(4,5)18(6,7)24-19/h10-12H,8-9H2,1-7H3. The van der Waals surface area contributed by atoms with Crippen LogP contribution in [0.15, 0.2) is 12.3 Å². The fourth-order valence-electron chi connectivity index (χ4n) is 2.43. The lowest BCUT2D eigenvalue weighted by atomic mass is 9.79. The summed E-state index contributed by atoms with van der Waals surface area (Å²) in [5.74, 6) is 1.15. The molecule has 1 aromatic rings. The van der Waals surface area contributed by atoms with Gasteiger partial charge in [-0.3, -0.25) is 0 Å². The van der Waals surface area contributed by atoms with Gasteiger partial charge in [0.25, 0.3) is 5.88 Å². The molecule has 24 heavy (non-hydrogen) atoms. The first-order valence-corrected chi connectivity index (χ1v) is 8.69. The summed E-state index contributed by atoms with van der Waals surface area (Å²) in [6.45, 7) is 14.2. The number of aromatic nitrogens is 1. The van der Waals surface area contributed by atoms with Crippen LogP contribution >= 0.6 is 0 Å². The van der Waals surface area contributed by atoms with Crippen LogP contribution in [0, 0.1) is 0 Å². The highest BCUT2D eigenvalue weighted by molar-refractivity contribution is 6.63. The smallest absolute Gasteiger partial charge is 0.485 e. The maximum absolute atomic E-state index is 6.19. The topological polar surface area (TPSA) is 49.8 Å². The number of pyridine rings is 1. The van der Waals surface area contributed by atoms with E-state index in [1.807, 2.05) is 54.5 Å². The van der Waals surface area contributed by atoms with Gasteiger partial charge in [-0.2, -0.15) is 0 Å². The largest absolute Gasteiger partial charge is 0.498 e. The molecule has 0 atom stereocenters. The lowest BCUT2D eigenvalue weighted by Gasteiger charge is -2.32. The highest BCUT2D eigenvalue weighted by atomic mass is 16.7. The molecule has 1 aliphatic carbocycles. The second kappa shape index (κ2) is 5.63. The number of ether oxygens (including phenoxy) is 2. The summed E-state index contributed by atoms with van der Waals surface area (Å²) in [4.78, 5) is 4.39. The quantitative estimate of drug-likeness (QED) is 0.793. The van der Waals surface area contributed by atoms with Gasteiger partial charge in [-0.05, 0) is 67.4 Å². The highest BCUT2D eigenvalue weighted by Crippen LogP contribution is 2.39. The zero-order chi connectivity index (χ0) is 17.8. The molecule has 1 saturated carbocycles. The summed E-state index contributed by atoms with van der Waals surface area (Å²) in [5.41, 5.74) is -0.315. The molecule has 0 bridgehead atoms. The fraction of sp³-hybridized carbons (Fsp3) is 0.722. The Morgan fingerprint density at radius 2 is 1.71 bits per heavy atom. The maximum Gasteiger partial charge on any atom is 0.498 e. The van der Waals surface area contributed by atoms with Crippen LogP contribution in [0.25, 0.3) is 0 Å². The summed E-state index contributed by atoms with van der Waals surface area (Å²) in [7, 11) is -0.492. The van der Waals surface area contributed by atoms with Crippen molar-refractivity contribution in [3.63, 3.8) is 0 Å². The van der Waals surface area contributed by atoms with E-state index in [1.54, 1.807) is 6.20 Å². The molecule has 3 rings (SSSR count). The Bertz CT molecular complexity index is 604. The number of hydrogen-bond acceptors (Lipinski definition) is 5. The van der Waals surface area contributed by atoms with Crippen molar-refractivity contribution < 1.29 is 18.8 Å². The van der Waals surface area contributed by atoms with E-state index in [0.717, 1.165) is 18.3 Å². The first-order valence-electron chi connectivity index (χ1n) is 8.69. The number of rotatable bonds is 4. The minimum absolute atomic E-state index is 0.234. The third-order valence-corrected chi connectivity index (χ3v) is 4.62. The molecule has 2 fully saturated rings. The Morgan fingerprint density at radius 3 is 2.21 bits per heavy atom. The molecule has 1 saturated heterocycles. The molecule has 5 nitrogen and oxygen atoms in total. The molecule has 2 heterocycles. The highest BCUT2D eigenvalue weighted by Gasteiger charge is 2.53. The van der Waals surface area contributed by atoms with Crippen molar-refractivity contribution in [2.24, 2.45) is 0 Å². The predicted molar refractivity (Wildman–Crippen MR) is 94.0 cm³/mol. The van der Waals surface area contributed by atoms with Crippen LogP contribution < -0.4 is 14.9 Å². The summed E-state index contributed by atoms with van der Waals surface area (Å²) in [5, 5.41) is 0. The van der Waals surface area contributed by atoms with Gasteiger partial charge in [0.15, 0.2) is 5.75 Å². The van der Waals surface area contributed by atoms with Crippen molar-refractivity contribution in [1.29, 1.82) is 0 Å². The lowest BCUT2D eigenvalue weighted by Crippen LogP contribution is -2.41. The minimum atomic E-state index is -0.492. The molecule has 0 amide bonds. The Hall–Kier alpha value is -1.27. The van der Waals surface area contributed by atoms with Crippen molar-refractivity contribution in [1.82, 2.24) is 4.98 Å². The van der Waals surface area contributed by atoms with Gasteiger partial charge < -0.3 is 18.8 Å². The van der Waals surface area contributed by atoms with Crippen LogP contribution in [0.4, 0.5) is 0 Å². The van der Waals surface area contributed by atoms with Crippen LogP contribution in [0.2, 0.25) is 0 Å². The molecular formula is C18H28BNO4. The molecule has 132 valence electrons. The van der Waals surface area contributed by atoms with Gasteiger partial charge in [0.1, 0.15) is 5.60 Å². The van der Waals surface area contributed by atoms with Crippen LogP contribution in [0.5, 0.6) is 11.6 Å². The molecule has 0 unspecified atom stereocenters. The normalized spacial score (nSPS) is 22.5. The van der Waals surface area contributed by atoms with Gasteiger partial charge >= 0.3 is 7.12 Å². The zero-order valence-electron chi connectivity index (χ0n) is 15.8. The number of nitrogens with zero attached hydrogens (tertiary/aromatic N) is 1. The summed E-state index contributed by atoms with van der Waals surface area (Å²) in [6, 6.07) is 1.90. The first kappa shape index (κ1) is 17.6. The van der Waals surface area contributed by atoms with Gasteiger partial charge in [-0.25, -0.2) is 4.98 Å². The molecule has 1 aromatic heterocycles. The Morgan fingerprint density at radius 1 is 1.12 bits per heavy atom. The Labute approximate surface area is 145 Å². The number of hydrogen-bond donors (Lipinski definition) is 0. The van der Waals surface area contributed by atoms with Gasteiger partial charge in [-0.1, -0.05) is 0 Å². The van der Waals surface area contributed by atoms with E-state index >= 15 is 0 Å². The Balaban J connectivity index is 1.96. The molecular weight excluding hydrogens is 305 g/mol. The zero-order valence-corrected chi connectivity index (χ0v) is 15.8. The minimum Gasteiger partial charge on any atom is -0.485 e. The van der Waals surface area contributed by atoms with Crippen molar-refractivity contribution >= 4 is 12.6 Å². The second-order valence-corrected chi connectivity index (χ2v) is 8.65. The summed E-state index contributed by atoms with van der Waals surface area (Å²) in [6.07, 6.45) is 4.08. The third kappa shape index (κ3) is 3.54. The van der Waals surface area contributed by atoms with E-state index in [0.29, 0.717) is 11.6 Å². The van der Waals surface area contributed by atoms with Crippen molar-refractivity contribution in [2.45, 2.75) is 84.2 Å². The van der Waals surface area contributed by atoms with Gasteiger partial charge in [0.05, 0.1) is 17.3 Å². The SMILES string of the molecule is CC(C)(C)Oc1nccc(B2OC(C)(C)C(C)(C)O2)c1OC1CC1. The van der Waals surface area contributed by atoms with Gasteiger partial charge in [0, 0.05) is 11.7 Å². The van der Waals surface area contributed by atoms with Crippen molar-refractivity contribution in [2.75, 3.05) is 0 Å². The molecule has 0 aromatic carbocycles. The van der Waals surface area contributed by atoms with E-state index in [4.69, 9.17) is 18.8 Å². The fourth-order valence-corrected chi connectivity index (χ4v) is 2.43. The molecule has 0 N–H and O–H groups in total. The molecule has 2 aliphatic rings. The van der Waals surface area contributed by atoms with Crippen LogP contribution in [0.3, 0.4) is 0 Å². The van der Waals surface area contributed by atoms with Crippen molar-refractivity contribution in [3.05, 3.63) is 12.3 Å². The van der Waals surface area contributed by atoms with Crippen LogP contribution in [0.1, 0.15) is 61.3 Å². The molecule has 0 radical (unpaired) electrons. The molecule has 6 heteroatoms. The predicted octanol–water partition coefficient (Wildman–Crippen LogP) is 3.10. The van der Waals surface area contributed by atoms with E-state index in [1.165, 1.54) is 0 Å². The summed E-state index contributed by atoms with van der Waals surface area (Å²) < 4.78 is 24.5. The monoisotopic (exact) mass is 333 g/mol.